The lowest BCUT2D eigenvalue weighted by molar-refractivity contribution is 0.501. The van der Waals surface area contributed by atoms with Crippen LogP contribution in [0.2, 0.25) is 0 Å². The highest BCUT2D eigenvalue weighted by molar-refractivity contribution is 8.67. The first-order valence-electron chi connectivity index (χ1n) is 6.93. The SMILES string of the molecule is CCc1ccccc1OP(O)(=S)Sc1ccccc1CC. The van der Waals surface area contributed by atoms with Gasteiger partial charge in [0.25, 0.3) is 5.69 Å². The van der Waals surface area contributed by atoms with Crippen LogP contribution in [0.4, 0.5) is 0 Å². The van der Waals surface area contributed by atoms with Gasteiger partial charge in [0.05, 0.1) is 0 Å². The summed E-state index contributed by atoms with van der Waals surface area (Å²) in [7, 11) is 0. The molecular formula is C16H19O2PS2. The number of benzene rings is 2. The molecule has 0 bridgehead atoms. The molecule has 0 saturated heterocycles. The van der Waals surface area contributed by atoms with Crippen molar-refractivity contribution in [3.8, 4) is 5.75 Å². The summed E-state index contributed by atoms with van der Waals surface area (Å²) in [5.74, 6) is 0.687. The molecule has 112 valence electrons. The second-order valence-corrected chi connectivity index (χ2v) is 10.5. The molecule has 0 fully saturated rings. The lowest BCUT2D eigenvalue weighted by atomic mass is 10.1. The minimum Gasteiger partial charge on any atom is -0.436 e. The monoisotopic (exact) mass is 338 g/mol. The van der Waals surface area contributed by atoms with Gasteiger partial charge in [-0.3, -0.25) is 0 Å². The molecule has 21 heavy (non-hydrogen) atoms. The highest BCUT2D eigenvalue weighted by Crippen LogP contribution is 2.60. The first kappa shape index (κ1) is 16.6. The van der Waals surface area contributed by atoms with E-state index in [0.29, 0.717) is 5.75 Å². The first-order valence-corrected chi connectivity index (χ1v) is 11.0. The van der Waals surface area contributed by atoms with Crippen LogP contribution in [0.25, 0.3) is 0 Å². The van der Waals surface area contributed by atoms with Crippen LogP contribution in [0.15, 0.2) is 53.4 Å². The molecule has 1 unspecified atom stereocenters. The Bertz CT molecular complexity index is 605. The van der Waals surface area contributed by atoms with Crippen molar-refractivity contribution in [3.63, 3.8) is 0 Å². The summed E-state index contributed by atoms with van der Waals surface area (Å²) >= 11 is 6.60. The third-order valence-corrected chi connectivity index (χ3v) is 6.79. The van der Waals surface area contributed by atoms with Crippen molar-refractivity contribution in [2.45, 2.75) is 31.6 Å². The van der Waals surface area contributed by atoms with E-state index in [2.05, 4.69) is 19.9 Å². The summed E-state index contributed by atoms with van der Waals surface area (Å²) in [4.78, 5) is 11.5. The second kappa shape index (κ2) is 7.46. The van der Waals surface area contributed by atoms with Crippen molar-refractivity contribution in [2.24, 2.45) is 0 Å². The quantitative estimate of drug-likeness (QED) is 0.733. The Morgan fingerprint density at radius 1 is 1.00 bits per heavy atom. The minimum absolute atomic E-state index is 0.687. The van der Waals surface area contributed by atoms with Gasteiger partial charge < -0.3 is 9.42 Å². The van der Waals surface area contributed by atoms with Crippen molar-refractivity contribution < 1.29 is 9.42 Å². The summed E-state index contributed by atoms with van der Waals surface area (Å²) in [5, 5.41) is 0. The molecule has 0 heterocycles. The van der Waals surface area contributed by atoms with Crippen molar-refractivity contribution >= 4 is 28.9 Å². The molecule has 0 aliphatic heterocycles. The largest absolute Gasteiger partial charge is 0.436 e. The predicted molar refractivity (Wildman–Crippen MR) is 94.6 cm³/mol. The second-order valence-electron chi connectivity index (χ2n) is 4.57. The van der Waals surface area contributed by atoms with Gasteiger partial charge in [-0.25, -0.2) is 0 Å². The van der Waals surface area contributed by atoms with Crippen LogP contribution in [0, 0.1) is 0 Å². The molecule has 2 rings (SSSR count). The zero-order valence-electron chi connectivity index (χ0n) is 12.2. The molecule has 2 aromatic carbocycles. The number of hydrogen-bond acceptors (Lipinski definition) is 3. The summed E-state index contributed by atoms with van der Waals surface area (Å²) in [6, 6.07) is 15.7. The van der Waals surface area contributed by atoms with Crippen molar-refractivity contribution in [3.05, 3.63) is 59.7 Å². The van der Waals surface area contributed by atoms with E-state index in [1.165, 1.54) is 16.9 Å². The number of hydrogen-bond donors (Lipinski definition) is 1. The predicted octanol–water partition coefficient (Wildman–Crippen LogP) is 5.20. The Hall–Kier alpha value is -0.800. The normalized spacial score (nSPS) is 13.7. The van der Waals surface area contributed by atoms with Crippen LogP contribution >= 0.6 is 17.1 Å². The summed E-state index contributed by atoms with van der Waals surface area (Å²) in [6.45, 7) is 4.15. The van der Waals surface area contributed by atoms with Crippen LogP contribution in [-0.2, 0) is 24.6 Å². The highest BCUT2D eigenvalue weighted by Gasteiger charge is 2.20. The lowest BCUT2D eigenvalue weighted by Gasteiger charge is -2.19. The van der Waals surface area contributed by atoms with E-state index in [-0.39, 0.29) is 0 Å². The summed E-state index contributed by atoms with van der Waals surface area (Å²) in [5.41, 5.74) is -0.727. The fraction of sp³-hybridized carbons (Fsp3) is 0.250. The van der Waals surface area contributed by atoms with Gasteiger partial charge in [-0.05, 0) is 59.3 Å². The van der Waals surface area contributed by atoms with Crippen LogP contribution in [0.3, 0.4) is 0 Å². The molecule has 0 aromatic heterocycles. The van der Waals surface area contributed by atoms with E-state index in [0.717, 1.165) is 23.3 Å². The summed E-state index contributed by atoms with van der Waals surface area (Å²) < 4.78 is 5.77. The van der Waals surface area contributed by atoms with Crippen molar-refractivity contribution in [2.75, 3.05) is 0 Å². The fourth-order valence-corrected chi connectivity index (χ4v) is 5.82. The Kier molecular flexibility index (Phi) is 5.88. The average Bonchev–Trinajstić information content (AvgIpc) is 2.47. The molecule has 0 saturated carbocycles. The Labute approximate surface area is 135 Å². The van der Waals surface area contributed by atoms with Gasteiger partial charge in [-0.15, -0.1) is 0 Å². The van der Waals surface area contributed by atoms with Gasteiger partial charge in [-0.1, -0.05) is 50.2 Å². The molecule has 0 amide bonds. The van der Waals surface area contributed by atoms with Gasteiger partial charge in [0.15, 0.2) is 0 Å². The Balaban J connectivity index is 2.20. The molecule has 2 aromatic rings. The maximum atomic E-state index is 10.5. The van der Waals surface area contributed by atoms with Gasteiger partial charge in [-0.2, -0.15) is 0 Å². The first-order chi connectivity index (χ1) is 10.1. The van der Waals surface area contributed by atoms with Crippen LogP contribution < -0.4 is 4.52 Å². The smallest absolute Gasteiger partial charge is 0.299 e. The number of rotatable bonds is 6. The lowest BCUT2D eigenvalue weighted by Crippen LogP contribution is -1.93. The third kappa shape index (κ3) is 4.58. The molecule has 1 atom stereocenters. The van der Waals surface area contributed by atoms with E-state index in [9.17, 15) is 4.89 Å². The topological polar surface area (TPSA) is 29.5 Å². The molecule has 1 N–H and O–H groups in total. The standard InChI is InChI=1S/C16H19O2PS2/c1-3-13-9-5-7-11-15(13)18-19(17,20)21-16-12-8-6-10-14(16)4-2/h5-12H,3-4H2,1-2H3,(H,17,20). The molecule has 0 aliphatic carbocycles. The Morgan fingerprint density at radius 3 is 2.24 bits per heavy atom. The zero-order valence-corrected chi connectivity index (χ0v) is 14.7. The maximum absolute atomic E-state index is 10.5. The molecular weight excluding hydrogens is 319 g/mol. The third-order valence-electron chi connectivity index (χ3n) is 3.13. The number of aryl methyl sites for hydroxylation is 2. The highest BCUT2D eigenvalue weighted by atomic mass is 32.9. The fourth-order valence-electron chi connectivity index (χ4n) is 2.04. The Morgan fingerprint density at radius 2 is 1.57 bits per heavy atom. The maximum Gasteiger partial charge on any atom is 0.299 e. The molecule has 0 aliphatic rings. The van der Waals surface area contributed by atoms with E-state index >= 15 is 0 Å². The van der Waals surface area contributed by atoms with Gasteiger partial charge in [0.1, 0.15) is 5.75 Å². The van der Waals surface area contributed by atoms with Gasteiger partial charge in [0, 0.05) is 4.90 Å². The van der Waals surface area contributed by atoms with Crippen LogP contribution in [-0.4, -0.2) is 4.89 Å². The van der Waals surface area contributed by atoms with Gasteiger partial charge in [0.2, 0.25) is 0 Å². The van der Waals surface area contributed by atoms with E-state index in [1.807, 2.05) is 42.5 Å². The summed E-state index contributed by atoms with van der Waals surface area (Å²) in [6.07, 6.45) is 1.76. The molecule has 5 heteroatoms. The number of para-hydroxylation sites is 1. The van der Waals surface area contributed by atoms with Gasteiger partial charge >= 0.3 is 0 Å². The van der Waals surface area contributed by atoms with Crippen molar-refractivity contribution in [1.29, 1.82) is 0 Å². The molecule has 0 radical (unpaired) electrons. The van der Waals surface area contributed by atoms with Crippen LogP contribution in [0.1, 0.15) is 25.0 Å². The van der Waals surface area contributed by atoms with E-state index in [1.54, 1.807) is 0 Å². The van der Waals surface area contributed by atoms with Crippen LogP contribution in [0.5, 0.6) is 5.75 Å². The average molecular weight is 338 g/mol. The molecule has 0 spiro atoms. The van der Waals surface area contributed by atoms with Crippen molar-refractivity contribution in [1.82, 2.24) is 0 Å². The minimum atomic E-state index is -2.97. The zero-order chi connectivity index (χ0) is 15.3. The van der Waals surface area contributed by atoms with E-state index in [4.69, 9.17) is 16.3 Å². The van der Waals surface area contributed by atoms with E-state index < -0.39 is 5.69 Å². The molecule has 2 nitrogen and oxygen atoms in total.